The third-order valence-corrected chi connectivity index (χ3v) is 4.54. The Balaban J connectivity index is 2.99. The third-order valence-electron chi connectivity index (χ3n) is 4.54. The van der Waals surface area contributed by atoms with Gasteiger partial charge in [0.05, 0.1) is 12.5 Å². The predicted octanol–water partition coefficient (Wildman–Crippen LogP) is 3.87. The maximum atomic E-state index is 12.4. The molecule has 1 atom stereocenters. The minimum absolute atomic E-state index is 0.0548. The summed E-state index contributed by atoms with van der Waals surface area (Å²) in [5.41, 5.74) is -0.461. The molecule has 0 N–H and O–H groups in total. The van der Waals surface area contributed by atoms with Gasteiger partial charge in [-0.05, 0) is 18.8 Å². The highest BCUT2D eigenvalue weighted by Crippen LogP contribution is 2.45. The van der Waals surface area contributed by atoms with E-state index in [4.69, 9.17) is 4.74 Å². The smallest absolute Gasteiger partial charge is 0.312 e. The standard InChI is InChI=1S/C17H24O3/c1-6-17(4,15(19)20-5)16(2,3)12-14(18)13-10-8-7-9-11-13/h7-11H,6,12H2,1-5H3. The lowest BCUT2D eigenvalue weighted by atomic mass is 9.62. The summed E-state index contributed by atoms with van der Waals surface area (Å²) >= 11 is 0. The van der Waals surface area contributed by atoms with Crippen LogP contribution in [0.1, 0.15) is 50.9 Å². The molecule has 0 saturated heterocycles. The summed E-state index contributed by atoms with van der Waals surface area (Å²) in [4.78, 5) is 24.5. The maximum Gasteiger partial charge on any atom is 0.312 e. The summed E-state index contributed by atoms with van der Waals surface area (Å²) in [6, 6.07) is 9.19. The molecule has 0 spiro atoms. The Morgan fingerprint density at radius 2 is 1.65 bits per heavy atom. The highest BCUT2D eigenvalue weighted by molar-refractivity contribution is 5.96. The average Bonchev–Trinajstić information content (AvgIpc) is 2.45. The summed E-state index contributed by atoms with van der Waals surface area (Å²) in [5.74, 6) is -0.204. The van der Waals surface area contributed by atoms with Crippen molar-refractivity contribution in [1.82, 2.24) is 0 Å². The highest BCUT2D eigenvalue weighted by Gasteiger charge is 2.47. The topological polar surface area (TPSA) is 43.4 Å². The van der Waals surface area contributed by atoms with Gasteiger partial charge >= 0.3 is 5.97 Å². The molecule has 3 nitrogen and oxygen atoms in total. The molecule has 0 saturated carbocycles. The van der Waals surface area contributed by atoms with Crippen molar-refractivity contribution >= 4 is 11.8 Å². The lowest BCUT2D eigenvalue weighted by Crippen LogP contribution is -2.43. The molecular formula is C17H24O3. The number of esters is 1. The first-order chi connectivity index (χ1) is 9.28. The number of Topliss-reactive ketones (excluding diaryl/α,β-unsaturated/α-hetero) is 1. The number of hydrogen-bond acceptors (Lipinski definition) is 3. The van der Waals surface area contributed by atoms with E-state index in [0.717, 1.165) is 0 Å². The molecule has 0 radical (unpaired) electrons. The van der Waals surface area contributed by atoms with Crippen molar-refractivity contribution in [2.24, 2.45) is 10.8 Å². The second-order valence-electron chi connectivity index (χ2n) is 6.03. The van der Waals surface area contributed by atoms with Crippen molar-refractivity contribution in [3.8, 4) is 0 Å². The van der Waals surface area contributed by atoms with Crippen molar-refractivity contribution in [1.29, 1.82) is 0 Å². The van der Waals surface area contributed by atoms with Crippen LogP contribution in [0.5, 0.6) is 0 Å². The molecule has 20 heavy (non-hydrogen) atoms. The number of carbonyl (C=O) groups is 2. The monoisotopic (exact) mass is 276 g/mol. The molecule has 0 aromatic heterocycles. The van der Waals surface area contributed by atoms with E-state index in [-0.39, 0.29) is 11.8 Å². The minimum atomic E-state index is -0.674. The van der Waals surface area contributed by atoms with Gasteiger partial charge in [0.1, 0.15) is 0 Å². The van der Waals surface area contributed by atoms with Crippen molar-refractivity contribution in [2.45, 2.75) is 40.5 Å². The molecule has 3 heteroatoms. The van der Waals surface area contributed by atoms with Gasteiger partial charge in [0.25, 0.3) is 0 Å². The van der Waals surface area contributed by atoms with E-state index in [1.54, 1.807) is 12.1 Å². The van der Waals surface area contributed by atoms with E-state index in [9.17, 15) is 9.59 Å². The average molecular weight is 276 g/mol. The SMILES string of the molecule is CCC(C)(C(=O)OC)C(C)(C)CC(=O)c1ccccc1. The second-order valence-corrected chi connectivity index (χ2v) is 6.03. The number of ether oxygens (including phenoxy) is 1. The van der Waals surface area contributed by atoms with Gasteiger partial charge in [-0.2, -0.15) is 0 Å². The Labute approximate surface area is 121 Å². The van der Waals surface area contributed by atoms with Crippen molar-refractivity contribution < 1.29 is 14.3 Å². The van der Waals surface area contributed by atoms with Gasteiger partial charge in [0, 0.05) is 12.0 Å². The van der Waals surface area contributed by atoms with E-state index in [1.807, 2.05) is 45.9 Å². The fourth-order valence-electron chi connectivity index (χ4n) is 2.45. The van der Waals surface area contributed by atoms with Crippen LogP contribution in [0.3, 0.4) is 0 Å². The zero-order chi connectivity index (χ0) is 15.4. The Hall–Kier alpha value is -1.64. The van der Waals surface area contributed by atoms with Gasteiger partial charge in [-0.3, -0.25) is 9.59 Å². The number of ketones is 1. The van der Waals surface area contributed by atoms with E-state index in [2.05, 4.69) is 0 Å². The van der Waals surface area contributed by atoms with Crippen LogP contribution in [0.15, 0.2) is 30.3 Å². The molecule has 1 rings (SSSR count). The number of hydrogen-bond donors (Lipinski definition) is 0. The second kappa shape index (κ2) is 6.21. The molecule has 0 aliphatic rings. The van der Waals surface area contributed by atoms with Crippen molar-refractivity contribution in [3.63, 3.8) is 0 Å². The number of rotatable bonds is 6. The number of methoxy groups -OCH3 is 1. The summed E-state index contributed by atoms with van der Waals surface area (Å²) in [7, 11) is 1.39. The molecular weight excluding hydrogens is 252 g/mol. The summed E-state index contributed by atoms with van der Waals surface area (Å²) < 4.78 is 4.93. The van der Waals surface area contributed by atoms with Crippen molar-refractivity contribution in [2.75, 3.05) is 7.11 Å². The van der Waals surface area contributed by atoms with Gasteiger partial charge in [-0.25, -0.2) is 0 Å². The fraction of sp³-hybridized carbons (Fsp3) is 0.529. The van der Waals surface area contributed by atoms with Crippen LogP contribution in [0.2, 0.25) is 0 Å². The van der Waals surface area contributed by atoms with Gasteiger partial charge in [-0.15, -0.1) is 0 Å². The molecule has 1 aromatic rings. The predicted molar refractivity (Wildman–Crippen MR) is 79.6 cm³/mol. The van der Waals surface area contributed by atoms with E-state index < -0.39 is 10.8 Å². The maximum absolute atomic E-state index is 12.4. The summed E-state index contributed by atoms with van der Waals surface area (Å²) in [6.07, 6.45) is 0.950. The highest BCUT2D eigenvalue weighted by atomic mass is 16.5. The van der Waals surface area contributed by atoms with Gasteiger partial charge in [-0.1, -0.05) is 51.1 Å². The lowest BCUT2D eigenvalue weighted by Gasteiger charge is -2.41. The molecule has 1 aromatic carbocycles. The van der Waals surface area contributed by atoms with E-state index in [1.165, 1.54) is 7.11 Å². The first-order valence-corrected chi connectivity index (χ1v) is 6.95. The molecule has 110 valence electrons. The van der Waals surface area contributed by atoms with Crippen LogP contribution < -0.4 is 0 Å². The largest absolute Gasteiger partial charge is 0.469 e. The quantitative estimate of drug-likeness (QED) is 0.585. The minimum Gasteiger partial charge on any atom is -0.469 e. The van der Waals surface area contributed by atoms with E-state index >= 15 is 0 Å². The van der Waals surface area contributed by atoms with Crippen LogP contribution in [0.4, 0.5) is 0 Å². The summed E-state index contributed by atoms with van der Waals surface area (Å²) in [6.45, 7) is 7.73. The van der Waals surface area contributed by atoms with Gasteiger partial charge in [0.15, 0.2) is 5.78 Å². The van der Waals surface area contributed by atoms with Crippen LogP contribution in [0.25, 0.3) is 0 Å². The molecule has 0 aliphatic carbocycles. The summed E-state index contributed by atoms with van der Waals surface area (Å²) in [5, 5.41) is 0. The molecule has 0 fully saturated rings. The zero-order valence-corrected chi connectivity index (χ0v) is 13.0. The van der Waals surface area contributed by atoms with Crippen molar-refractivity contribution in [3.05, 3.63) is 35.9 Å². The van der Waals surface area contributed by atoms with Crippen LogP contribution in [-0.4, -0.2) is 18.9 Å². The van der Waals surface area contributed by atoms with Gasteiger partial charge in [0.2, 0.25) is 0 Å². The van der Waals surface area contributed by atoms with Gasteiger partial charge < -0.3 is 4.74 Å². The molecule has 0 amide bonds. The molecule has 0 heterocycles. The Morgan fingerprint density at radius 1 is 1.10 bits per heavy atom. The third kappa shape index (κ3) is 3.09. The molecule has 0 bridgehead atoms. The first-order valence-electron chi connectivity index (χ1n) is 6.95. The van der Waals surface area contributed by atoms with Crippen LogP contribution in [0, 0.1) is 10.8 Å². The fourth-order valence-corrected chi connectivity index (χ4v) is 2.45. The Morgan fingerprint density at radius 3 is 2.10 bits per heavy atom. The number of carbonyl (C=O) groups excluding carboxylic acids is 2. The first kappa shape index (κ1) is 16.4. The lowest BCUT2D eigenvalue weighted by molar-refractivity contribution is -0.159. The number of benzene rings is 1. The van der Waals surface area contributed by atoms with Crippen LogP contribution >= 0.6 is 0 Å². The normalized spacial score (nSPS) is 14.4. The Bertz CT molecular complexity index is 476. The molecule has 0 aliphatic heterocycles. The Kier molecular flexibility index (Phi) is 5.09. The zero-order valence-electron chi connectivity index (χ0n) is 13.0. The molecule has 1 unspecified atom stereocenters. The van der Waals surface area contributed by atoms with E-state index in [0.29, 0.717) is 18.4 Å². The van der Waals surface area contributed by atoms with Crippen LogP contribution in [-0.2, 0) is 9.53 Å².